The van der Waals surface area contributed by atoms with Crippen molar-refractivity contribution in [2.24, 2.45) is 0 Å². The fourth-order valence-corrected chi connectivity index (χ4v) is 2.81. The number of ketones is 1. The standard InChI is InChI=1S/C16H20O/c1-13(2)12-15(17)16(10-6-7-11-16)14-8-4-3-5-9-14/h3-5,8-9,12H,6-7,10-11H2,1-2H3. The fraction of sp³-hybridized carbons (Fsp3) is 0.438. The van der Waals surface area contributed by atoms with E-state index in [1.807, 2.05) is 38.1 Å². The maximum atomic E-state index is 12.5. The molecule has 1 nitrogen and oxygen atoms in total. The second-order valence-corrected chi connectivity index (χ2v) is 5.24. The maximum absolute atomic E-state index is 12.5. The van der Waals surface area contributed by atoms with Crippen LogP contribution in [-0.4, -0.2) is 5.78 Å². The third kappa shape index (κ3) is 2.33. The molecule has 1 aromatic rings. The molecule has 2 rings (SSSR count). The van der Waals surface area contributed by atoms with Crippen molar-refractivity contribution < 1.29 is 4.79 Å². The van der Waals surface area contributed by atoms with Gasteiger partial charge in [0, 0.05) is 0 Å². The van der Waals surface area contributed by atoms with Crippen molar-refractivity contribution in [3.05, 3.63) is 47.5 Å². The Bertz CT molecular complexity index is 418. The molecular weight excluding hydrogens is 208 g/mol. The summed E-state index contributed by atoms with van der Waals surface area (Å²) >= 11 is 0. The summed E-state index contributed by atoms with van der Waals surface area (Å²) in [5.41, 5.74) is 2.05. The molecule has 0 atom stereocenters. The molecule has 0 aromatic heterocycles. The highest BCUT2D eigenvalue weighted by atomic mass is 16.1. The summed E-state index contributed by atoms with van der Waals surface area (Å²) in [6.45, 7) is 3.98. The van der Waals surface area contributed by atoms with Crippen LogP contribution in [0.25, 0.3) is 0 Å². The Balaban J connectivity index is 2.40. The zero-order chi connectivity index (χ0) is 12.3. The molecule has 0 spiro atoms. The van der Waals surface area contributed by atoms with Gasteiger partial charge in [-0.25, -0.2) is 0 Å². The van der Waals surface area contributed by atoms with Crippen LogP contribution < -0.4 is 0 Å². The molecule has 0 unspecified atom stereocenters. The van der Waals surface area contributed by atoms with E-state index in [1.54, 1.807) is 0 Å². The summed E-state index contributed by atoms with van der Waals surface area (Å²) in [5, 5.41) is 0. The van der Waals surface area contributed by atoms with Crippen molar-refractivity contribution in [2.45, 2.75) is 44.9 Å². The molecular formula is C16H20O. The van der Waals surface area contributed by atoms with E-state index in [0.29, 0.717) is 5.78 Å². The first-order chi connectivity index (χ1) is 8.15. The van der Waals surface area contributed by atoms with Crippen molar-refractivity contribution in [3.8, 4) is 0 Å². The van der Waals surface area contributed by atoms with E-state index in [1.165, 1.54) is 5.56 Å². The number of allylic oxidation sites excluding steroid dienone is 2. The van der Waals surface area contributed by atoms with Gasteiger partial charge < -0.3 is 0 Å². The lowest BCUT2D eigenvalue weighted by molar-refractivity contribution is -0.119. The van der Waals surface area contributed by atoms with E-state index in [0.717, 1.165) is 31.3 Å². The number of benzene rings is 1. The van der Waals surface area contributed by atoms with Gasteiger partial charge in [-0.3, -0.25) is 4.79 Å². The Morgan fingerprint density at radius 1 is 1.12 bits per heavy atom. The molecule has 1 saturated carbocycles. The second kappa shape index (κ2) is 4.87. The summed E-state index contributed by atoms with van der Waals surface area (Å²) in [6, 6.07) is 10.3. The van der Waals surface area contributed by atoms with Crippen LogP contribution in [0.2, 0.25) is 0 Å². The van der Waals surface area contributed by atoms with Gasteiger partial charge >= 0.3 is 0 Å². The minimum atomic E-state index is -0.238. The Morgan fingerprint density at radius 3 is 2.24 bits per heavy atom. The van der Waals surface area contributed by atoms with Crippen molar-refractivity contribution >= 4 is 5.78 Å². The highest BCUT2D eigenvalue weighted by molar-refractivity contribution is 5.99. The van der Waals surface area contributed by atoms with Crippen molar-refractivity contribution in [2.75, 3.05) is 0 Å². The molecule has 0 aliphatic heterocycles. The molecule has 0 N–H and O–H groups in total. The van der Waals surface area contributed by atoms with E-state index < -0.39 is 0 Å². The van der Waals surface area contributed by atoms with E-state index >= 15 is 0 Å². The van der Waals surface area contributed by atoms with Crippen LogP contribution in [0.15, 0.2) is 42.0 Å². The second-order valence-electron chi connectivity index (χ2n) is 5.24. The Labute approximate surface area is 104 Å². The lowest BCUT2D eigenvalue weighted by atomic mass is 9.75. The number of rotatable bonds is 3. The molecule has 0 heterocycles. The summed E-state index contributed by atoms with van der Waals surface area (Å²) in [7, 11) is 0. The van der Waals surface area contributed by atoms with Gasteiger partial charge in [-0.1, -0.05) is 48.7 Å². The summed E-state index contributed by atoms with van der Waals surface area (Å²) in [6.07, 6.45) is 6.14. The van der Waals surface area contributed by atoms with Gasteiger partial charge in [-0.2, -0.15) is 0 Å². The van der Waals surface area contributed by atoms with Gasteiger partial charge in [0.05, 0.1) is 5.41 Å². The third-order valence-electron chi connectivity index (χ3n) is 3.67. The predicted octanol–water partition coefficient (Wildman–Crippen LogP) is 4.03. The molecule has 0 bridgehead atoms. The van der Waals surface area contributed by atoms with E-state index in [-0.39, 0.29) is 5.41 Å². The van der Waals surface area contributed by atoms with E-state index in [2.05, 4.69) is 12.1 Å². The van der Waals surface area contributed by atoms with Gasteiger partial charge in [0.1, 0.15) is 0 Å². The molecule has 1 fully saturated rings. The van der Waals surface area contributed by atoms with Gasteiger partial charge in [0.25, 0.3) is 0 Å². The third-order valence-corrected chi connectivity index (χ3v) is 3.67. The largest absolute Gasteiger partial charge is 0.294 e. The Morgan fingerprint density at radius 2 is 1.71 bits per heavy atom. The highest BCUT2D eigenvalue weighted by Crippen LogP contribution is 2.42. The molecule has 0 saturated heterocycles. The average Bonchev–Trinajstić information content (AvgIpc) is 2.79. The smallest absolute Gasteiger partial charge is 0.166 e. The Hall–Kier alpha value is -1.37. The topological polar surface area (TPSA) is 17.1 Å². The van der Waals surface area contributed by atoms with E-state index in [9.17, 15) is 4.79 Å². The molecule has 1 heteroatoms. The molecule has 90 valence electrons. The summed E-state index contributed by atoms with van der Waals surface area (Å²) in [4.78, 5) is 12.5. The SMILES string of the molecule is CC(C)=CC(=O)C1(c2ccccc2)CCCC1. The normalized spacial score (nSPS) is 17.8. The van der Waals surface area contributed by atoms with Crippen LogP contribution >= 0.6 is 0 Å². The van der Waals surface area contributed by atoms with Crippen LogP contribution in [0.3, 0.4) is 0 Å². The molecule has 0 radical (unpaired) electrons. The van der Waals surface area contributed by atoms with Gasteiger partial charge in [0.15, 0.2) is 5.78 Å². The van der Waals surface area contributed by atoms with Crippen LogP contribution in [0.1, 0.15) is 45.1 Å². The molecule has 1 aromatic carbocycles. The van der Waals surface area contributed by atoms with Crippen LogP contribution in [0, 0.1) is 0 Å². The van der Waals surface area contributed by atoms with E-state index in [4.69, 9.17) is 0 Å². The highest BCUT2D eigenvalue weighted by Gasteiger charge is 2.40. The minimum Gasteiger partial charge on any atom is -0.294 e. The minimum absolute atomic E-state index is 0.238. The molecule has 0 amide bonds. The first-order valence-corrected chi connectivity index (χ1v) is 6.40. The molecule has 1 aliphatic carbocycles. The Kier molecular flexibility index (Phi) is 3.46. The van der Waals surface area contributed by atoms with Gasteiger partial charge in [-0.05, 0) is 38.3 Å². The molecule has 1 aliphatic rings. The lowest BCUT2D eigenvalue weighted by Gasteiger charge is -2.26. The maximum Gasteiger partial charge on any atom is 0.166 e. The fourth-order valence-electron chi connectivity index (χ4n) is 2.81. The zero-order valence-electron chi connectivity index (χ0n) is 10.7. The summed E-state index contributed by atoms with van der Waals surface area (Å²) in [5.74, 6) is 0.293. The van der Waals surface area contributed by atoms with Crippen molar-refractivity contribution in [3.63, 3.8) is 0 Å². The number of carbonyl (C=O) groups excluding carboxylic acids is 1. The quantitative estimate of drug-likeness (QED) is 0.714. The van der Waals surface area contributed by atoms with Crippen LogP contribution in [0.5, 0.6) is 0 Å². The van der Waals surface area contributed by atoms with Crippen molar-refractivity contribution in [1.29, 1.82) is 0 Å². The van der Waals surface area contributed by atoms with Gasteiger partial charge in [0.2, 0.25) is 0 Å². The van der Waals surface area contributed by atoms with Crippen molar-refractivity contribution in [1.82, 2.24) is 0 Å². The number of hydrogen-bond donors (Lipinski definition) is 0. The van der Waals surface area contributed by atoms with Crippen LogP contribution in [-0.2, 0) is 10.2 Å². The van der Waals surface area contributed by atoms with Crippen LogP contribution in [0.4, 0.5) is 0 Å². The van der Waals surface area contributed by atoms with Gasteiger partial charge in [-0.15, -0.1) is 0 Å². The first-order valence-electron chi connectivity index (χ1n) is 6.40. The lowest BCUT2D eigenvalue weighted by Crippen LogP contribution is -2.31. The summed E-state index contributed by atoms with van der Waals surface area (Å²) < 4.78 is 0. The first kappa shape index (κ1) is 12.1. The average molecular weight is 228 g/mol. The predicted molar refractivity (Wildman–Crippen MR) is 71.0 cm³/mol. The molecule has 17 heavy (non-hydrogen) atoms. The monoisotopic (exact) mass is 228 g/mol. The number of hydrogen-bond acceptors (Lipinski definition) is 1. The number of carbonyl (C=O) groups is 1. The zero-order valence-corrected chi connectivity index (χ0v) is 10.7.